The SMILES string of the molecule is COC(C)(C)CCOCC(O)c1ccc(N)cc1. The molecule has 1 unspecified atom stereocenters. The molecular formula is C14H23NO3. The van der Waals surface area contributed by atoms with Crippen molar-refractivity contribution >= 4 is 5.69 Å². The van der Waals surface area contributed by atoms with E-state index in [4.69, 9.17) is 15.2 Å². The largest absolute Gasteiger partial charge is 0.399 e. The second kappa shape index (κ2) is 6.73. The van der Waals surface area contributed by atoms with Crippen LogP contribution in [0.15, 0.2) is 24.3 Å². The average Bonchev–Trinajstić information content (AvgIpc) is 2.35. The molecule has 4 heteroatoms. The van der Waals surface area contributed by atoms with Gasteiger partial charge in [-0.3, -0.25) is 0 Å². The molecule has 0 aliphatic heterocycles. The molecule has 18 heavy (non-hydrogen) atoms. The van der Waals surface area contributed by atoms with Crippen LogP contribution < -0.4 is 5.73 Å². The van der Waals surface area contributed by atoms with E-state index in [0.717, 1.165) is 12.0 Å². The lowest BCUT2D eigenvalue weighted by Crippen LogP contribution is -2.25. The molecule has 0 aromatic heterocycles. The molecule has 1 aromatic carbocycles. The Kier molecular flexibility index (Phi) is 5.59. The number of aliphatic hydroxyl groups excluding tert-OH is 1. The van der Waals surface area contributed by atoms with Crippen LogP contribution in [-0.4, -0.2) is 31.0 Å². The molecule has 3 N–H and O–H groups in total. The fourth-order valence-corrected chi connectivity index (χ4v) is 1.43. The highest BCUT2D eigenvalue weighted by Crippen LogP contribution is 2.16. The Bertz CT molecular complexity index is 349. The lowest BCUT2D eigenvalue weighted by atomic mass is 10.1. The Morgan fingerprint density at radius 1 is 1.28 bits per heavy atom. The molecule has 0 bridgehead atoms. The van der Waals surface area contributed by atoms with Gasteiger partial charge in [0.15, 0.2) is 0 Å². The van der Waals surface area contributed by atoms with Crippen LogP contribution in [0.25, 0.3) is 0 Å². The Balaban J connectivity index is 2.29. The van der Waals surface area contributed by atoms with Crippen LogP contribution in [0.1, 0.15) is 31.9 Å². The number of hydrogen-bond acceptors (Lipinski definition) is 4. The predicted molar refractivity (Wildman–Crippen MR) is 72.3 cm³/mol. The van der Waals surface area contributed by atoms with E-state index in [1.165, 1.54) is 0 Å². The van der Waals surface area contributed by atoms with Crippen LogP contribution in [0, 0.1) is 0 Å². The summed E-state index contributed by atoms with van der Waals surface area (Å²) in [6.07, 6.45) is 0.175. The molecule has 0 aliphatic rings. The number of hydrogen-bond donors (Lipinski definition) is 2. The number of nitrogens with two attached hydrogens (primary N) is 1. The van der Waals surface area contributed by atoms with Gasteiger partial charge in [0, 0.05) is 19.4 Å². The summed E-state index contributed by atoms with van der Waals surface area (Å²) in [4.78, 5) is 0. The molecule has 1 aromatic rings. The monoisotopic (exact) mass is 253 g/mol. The van der Waals surface area contributed by atoms with E-state index in [-0.39, 0.29) is 12.2 Å². The van der Waals surface area contributed by atoms with Crippen molar-refractivity contribution in [2.45, 2.75) is 32.0 Å². The van der Waals surface area contributed by atoms with Crippen LogP contribution in [-0.2, 0) is 9.47 Å². The summed E-state index contributed by atoms with van der Waals surface area (Å²) in [5.41, 5.74) is 6.90. The number of aliphatic hydroxyl groups is 1. The Morgan fingerprint density at radius 2 is 1.89 bits per heavy atom. The number of methoxy groups -OCH3 is 1. The van der Waals surface area contributed by atoms with Crippen LogP contribution >= 0.6 is 0 Å². The van der Waals surface area contributed by atoms with E-state index < -0.39 is 6.10 Å². The van der Waals surface area contributed by atoms with E-state index in [0.29, 0.717) is 12.3 Å². The molecule has 1 atom stereocenters. The second-order valence-corrected chi connectivity index (χ2v) is 4.97. The average molecular weight is 253 g/mol. The molecule has 102 valence electrons. The summed E-state index contributed by atoms with van der Waals surface area (Å²) < 4.78 is 10.7. The summed E-state index contributed by atoms with van der Waals surface area (Å²) >= 11 is 0. The van der Waals surface area contributed by atoms with Gasteiger partial charge in [-0.05, 0) is 38.0 Å². The van der Waals surface area contributed by atoms with Crippen LogP contribution in [0.2, 0.25) is 0 Å². The van der Waals surface area contributed by atoms with Crippen LogP contribution in [0.4, 0.5) is 5.69 Å². The van der Waals surface area contributed by atoms with Gasteiger partial charge in [-0.25, -0.2) is 0 Å². The minimum Gasteiger partial charge on any atom is -0.399 e. The van der Waals surface area contributed by atoms with Crippen molar-refractivity contribution in [2.75, 3.05) is 26.1 Å². The van der Waals surface area contributed by atoms with Gasteiger partial charge in [-0.2, -0.15) is 0 Å². The Hall–Kier alpha value is -1.10. The molecule has 0 radical (unpaired) electrons. The highest BCUT2D eigenvalue weighted by atomic mass is 16.5. The molecule has 0 amide bonds. The zero-order chi connectivity index (χ0) is 13.6. The second-order valence-electron chi connectivity index (χ2n) is 4.97. The van der Waals surface area contributed by atoms with Crippen molar-refractivity contribution in [3.05, 3.63) is 29.8 Å². The third-order valence-corrected chi connectivity index (χ3v) is 3.00. The Morgan fingerprint density at radius 3 is 2.44 bits per heavy atom. The molecule has 0 spiro atoms. The van der Waals surface area contributed by atoms with Gasteiger partial charge in [0.25, 0.3) is 0 Å². The molecule has 0 saturated carbocycles. The number of rotatable bonds is 7. The summed E-state index contributed by atoms with van der Waals surface area (Å²) in [6.45, 7) is 4.86. The van der Waals surface area contributed by atoms with Gasteiger partial charge in [0.1, 0.15) is 6.10 Å². The quantitative estimate of drug-likeness (QED) is 0.577. The van der Waals surface area contributed by atoms with Gasteiger partial charge in [0.2, 0.25) is 0 Å². The predicted octanol–water partition coefficient (Wildman–Crippen LogP) is 2.13. The van der Waals surface area contributed by atoms with Crippen molar-refractivity contribution in [3.8, 4) is 0 Å². The molecule has 0 heterocycles. The molecule has 1 rings (SSSR count). The molecular weight excluding hydrogens is 230 g/mol. The molecule has 0 saturated heterocycles. The summed E-state index contributed by atoms with van der Waals surface area (Å²) in [5.74, 6) is 0. The minimum atomic E-state index is -0.615. The van der Waals surface area contributed by atoms with Gasteiger partial charge in [0.05, 0.1) is 12.2 Å². The third kappa shape index (κ3) is 5.04. The third-order valence-electron chi connectivity index (χ3n) is 3.00. The standard InChI is InChI=1S/C14H23NO3/c1-14(2,17-3)8-9-18-10-13(16)11-4-6-12(15)7-5-11/h4-7,13,16H,8-10,15H2,1-3H3. The van der Waals surface area contributed by atoms with E-state index in [9.17, 15) is 5.11 Å². The van der Waals surface area contributed by atoms with E-state index in [2.05, 4.69) is 0 Å². The lowest BCUT2D eigenvalue weighted by molar-refractivity contribution is -0.0249. The van der Waals surface area contributed by atoms with Crippen molar-refractivity contribution in [3.63, 3.8) is 0 Å². The first kappa shape index (κ1) is 15.0. The van der Waals surface area contributed by atoms with Gasteiger partial charge < -0.3 is 20.3 Å². The minimum absolute atomic E-state index is 0.188. The van der Waals surface area contributed by atoms with E-state index >= 15 is 0 Å². The van der Waals surface area contributed by atoms with Crippen LogP contribution in [0.3, 0.4) is 0 Å². The topological polar surface area (TPSA) is 64.7 Å². The lowest BCUT2D eigenvalue weighted by Gasteiger charge is -2.22. The number of anilines is 1. The maximum atomic E-state index is 9.90. The zero-order valence-corrected chi connectivity index (χ0v) is 11.3. The Labute approximate surface area is 109 Å². The van der Waals surface area contributed by atoms with Crippen molar-refractivity contribution < 1.29 is 14.6 Å². The summed E-state index contributed by atoms with van der Waals surface area (Å²) in [5, 5.41) is 9.90. The molecule has 4 nitrogen and oxygen atoms in total. The maximum absolute atomic E-state index is 9.90. The first-order chi connectivity index (χ1) is 8.44. The maximum Gasteiger partial charge on any atom is 0.102 e. The van der Waals surface area contributed by atoms with Gasteiger partial charge >= 0.3 is 0 Å². The number of ether oxygens (including phenoxy) is 2. The van der Waals surface area contributed by atoms with Crippen molar-refractivity contribution in [1.29, 1.82) is 0 Å². The van der Waals surface area contributed by atoms with E-state index in [1.807, 2.05) is 26.0 Å². The summed E-state index contributed by atoms with van der Waals surface area (Å²) in [6, 6.07) is 7.16. The van der Waals surface area contributed by atoms with Gasteiger partial charge in [-0.15, -0.1) is 0 Å². The smallest absolute Gasteiger partial charge is 0.102 e. The highest BCUT2D eigenvalue weighted by Gasteiger charge is 2.16. The number of nitrogen functional groups attached to an aromatic ring is 1. The fraction of sp³-hybridized carbons (Fsp3) is 0.571. The highest BCUT2D eigenvalue weighted by molar-refractivity contribution is 5.39. The van der Waals surface area contributed by atoms with Crippen molar-refractivity contribution in [1.82, 2.24) is 0 Å². The fourth-order valence-electron chi connectivity index (χ4n) is 1.43. The molecule has 0 aliphatic carbocycles. The number of benzene rings is 1. The first-order valence-electron chi connectivity index (χ1n) is 6.11. The van der Waals surface area contributed by atoms with Gasteiger partial charge in [-0.1, -0.05) is 12.1 Å². The van der Waals surface area contributed by atoms with Crippen LogP contribution in [0.5, 0.6) is 0 Å². The normalized spacial score (nSPS) is 13.6. The first-order valence-corrected chi connectivity index (χ1v) is 6.11. The summed E-state index contributed by atoms with van der Waals surface area (Å²) in [7, 11) is 1.68. The van der Waals surface area contributed by atoms with Crippen molar-refractivity contribution in [2.24, 2.45) is 0 Å². The zero-order valence-electron chi connectivity index (χ0n) is 11.3. The van der Waals surface area contributed by atoms with E-state index in [1.54, 1.807) is 19.2 Å². The molecule has 0 fully saturated rings.